The number of furan rings is 1. The van der Waals surface area contributed by atoms with Crippen LogP contribution in [-0.2, 0) is 0 Å². The molecule has 0 N–H and O–H groups in total. The van der Waals surface area contributed by atoms with Crippen molar-refractivity contribution in [2.75, 3.05) is 0 Å². The molecule has 0 aromatic carbocycles. The van der Waals surface area contributed by atoms with Gasteiger partial charge in [0, 0.05) is 0 Å². The van der Waals surface area contributed by atoms with E-state index < -0.39 is 10.5 Å². The molecule has 0 bridgehead atoms. The number of carbonyl (C=O) groups is 2. The molecule has 58 valence electrons. The summed E-state index contributed by atoms with van der Waals surface area (Å²) in [5, 5.41) is -1.60. The molecule has 0 atom stereocenters. The molecule has 1 aromatic rings. The monoisotopic (exact) mass is 192 g/mol. The molecule has 5 heteroatoms. The molecule has 3 nitrogen and oxygen atoms in total. The van der Waals surface area contributed by atoms with Crippen molar-refractivity contribution in [1.82, 2.24) is 0 Å². The zero-order valence-electron chi connectivity index (χ0n) is 5.14. The van der Waals surface area contributed by atoms with Gasteiger partial charge in [-0.05, 0) is 29.3 Å². The van der Waals surface area contributed by atoms with E-state index in [1.165, 1.54) is 12.3 Å². The summed E-state index contributed by atoms with van der Waals surface area (Å²) in [4.78, 5) is 21.0. The summed E-state index contributed by atoms with van der Waals surface area (Å²) < 4.78 is 4.60. The Bertz CT molecular complexity index is 274. The Morgan fingerprint density at radius 3 is 2.27 bits per heavy atom. The van der Waals surface area contributed by atoms with Crippen LogP contribution in [0.3, 0.4) is 0 Å². The maximum absolute atomic E-state index is 10.5. The lowest BCUT2D eigenvalue weighted by Gasteiger charge is -1.87. The van der Waals surface area contributed by atoms with Gasteiger partial charge < -0.3 is 4.42 Å². The first kappa shape index (κ1) is 8.30. The van der Waals surface area contributed by atoms with Gasteiger partial charge in [-0.2, -0.15) is 0 Å². The van der Waals surface area contributed by atoms with E-state index in [0.717, 1.165) is 0 Å². The fraction of sp³-hybridized carbons (Fsp3) is 0. The van der Waals surface area contributed by atoms with Crippen molar-refractivity contribution < 1.29 is 14.0 Å². The van der Waals surface area contributed by atoms with Gasteiger partial charge in [0.2, 0.25) is 0 Å². The third-order valence-electron chi connectivity index (χ3n) is 1.06. The Balaban J connectivity index is 3.16. The largest absolute Gasteiger partial charge is 0.459 e. The second-order valence-corrected chi connectivity index (χ2v) is 2.40. The molecule has 0 aliphatic rings. The lowest BCUT2D eigenvalue weighted by atomic mass is 10.3. The molecule has 0 unspecified atom stereocenters. The van der Waals surface area contributed by atoms with Gasteiger partial charge in [-0.25, -0.2) is 0 Å². The van der Waals surface area contributed by atoms with E-state index in [-0.39, 0.29) is 11.3 Å². The summed E-state index contributed by atoms with van der Waals surface area (Å²) >= 11 is 10.1. The molecule has 0 aliphatic heterocycles. The van der Waals surface area contributed by atoms with Crippen LogP contribution in [0.2, 0.25) is 0 Å². The van der Waals surface area contributed by atoms with Gasteiger partial charge in [-0.3, -0.25) is 9.59 Å². The van der Waals surface area contributed by atoms with Crippen LogP contribution in [-0.4, -0.2) is 10.5 Å². The third-order valence-corrected chi connectivity index (χ3v) is 1.43. The predicted molar refractivity (Wildman–Crippen MR) is 39.1 cm³/mol. The molecule has 0 amide bonds. The summed E-state index contributed by atoms with van der Waals surface area (Å²) in [5.74, 6) is -0.216. The van der Waals surface area contributed by atoms with Crippen molar-refractivity contribution >= 4 is 33.7 Å². The van der Waals surface area contributed by atoms with Crippen LogP contribution in [0.1, 0.15) is 20.9 Å². The molecular weight excluding hydrogens is 191 g/mol. The predicted octanol–water partition coefficient (Wildman–Crippen LogP) is 2.04. The lowest BCUT2D eigenvalue weighted by molar-refractivity contribution is 0.103. The van der Waals surface area contributed by atoms with Gasteiger partial charge in [0.15, 0.2) is 5.76 Å². The zero-order valence-corrected chi connectivity index (χ0v) is 6.65. The maximum Gasteiger partial charge on any atom is 0.288 e. The standard InChI is InChI=1S/C6H2Cl2O3/c7-5(9)3-1-2-11-4(3)6(8)10/h1-2H. The first-order chi connectivity index (χ1) is 5.13. The number of hydrogen-bond acceptors (Lipinski definition) is 3. The third kappa shape index (κ3) is 1.61. The highest BCUT2D eigenvalue weighted by Gasteiger charge is 2.16. The van der Waals surface area contributed by atoms with E-state index >= 15 is 0 Å². The number of hydrogen-bond donors (Lipinski definition) is 0. The summed E-state index contributed by atoms with van der Waals surface area (Å²) in [6.45, 7) is 0. The smallest absolute Gasteiger partial charge is 0.288 e. The summed E-state index contributed by atoms with van der Waals surface area (Å²) in [7, 11) is 0. The molecule has 0 radical (unpaired) electrons. The molecule has 0 saturated carbocycles. The van der Waals surface area contributed by atoms with Crippen LogP contribution < -0.4 is 0 Å². The van der Waals surface area contributed by atoms with Crippen LogP contribution in [0.5, 0.6) is 0 Å². The second kappa shape index (κ2) is 3.07. The van der Waals surface area contributed by atoms with Crippen LogP contribution in [0.4, 0.5) is 0 Å². The van der Waals surface area contributed by atoms with E-state index in [4.69, 9.17) is 23.2 Å². The van der Waals surface area contributed by atoms with Crippen LogP contribution in [0, 0.1) is 0 Å². The first-order valence-electron chi connectivity index (χ1n) is 2.60. The SMILES string of the molecule is O=C(Cl)c1ccoc1C(=O)Cl. The Kier molecular flexibility index (Phi) is 2.31. The highest BCUT2D eigenvalue weighted by Crippen LogP contribution is 2.14. The minimum atomic E-state index is -0.834. The average molecular weight is 193 g/mol. The van der Waals surface area contributed by atoms with Crippen molar-refractivity contribution in [3.8, 4) is 0 Å². The summed E-state index contributed by atoms with van der Waals surface area (Å²) in [5.41, 5.74) is -0.00772. The van der Waals surface area contributed by atoms with Crippen LogP contribution in [0.15, 0.2) is 16.7 Å². The molecule has 0 fully saturated rings. The molecular formula is C6H2Cl2O3. The Hall–Kier alpha value is -0.800. The van der Waals surface area contributed by atoms with Gasteiger partial charge in [0.05, 0.1) is 11.8 Å². The van der Waals surface area contributed by atoms with Gasteiger partial charge in [-0.15, -0.1) is 0 Å². The molecule has 11 heavy (non-hydrogen) atoms. The molecule has 1 rings (SSSR count). The van der Waals surface area contributed by atoms with E-state index in [1.807, 2.05) is 0 Å². The highest BCUT2D eigenvalue weighted by atomic mass is 35.5. The minimum absolute atomic E-state index is 0.00772. The second-order valence-electron chi connectivity index (χ2n) is 1.71. The Labute approximate surface area is 71.9 Å². The van der Waals surface area contributed by atoms with E-state index in [1.54, 1.807) is 0 Å². The first-order valence-corrected chi connectivity index (χ1v) is 3.35. The molecule has 1 aromatic heterocycles. The lowest BCUT2D eigenvalue weighted by Crippen LogP contribution is -1.95. The maximum atomic E-state index is 10.5. The van der Waals surface area contributed by atoms with Crippen LogP contribution in [0.25, 0.3) is 0 Å². The number of carbonyl (C=O) groups excluding carboxylic acids is 2. The van der Waals surface area contributed by atoms with Crippen molar-refractivity contribution in [2.45, 2.75) is 0 Å². The minimum Gasteiger partial charge on any atom is -0.459 e. The normalized spacial score (nSPS) is 9.64. The van der Waals surface area contributed by atoms with Crippen molar-refractivity contribution in [2.24, 2.45) is 0 Å². The van der Waals surface area contributed by atoms with Crippen LogP contribution >= 0.6 is 23.2 Å². The molecule has 0 saturated heterocycles. The van der Waals surface area contributed by atoms with Crippen molar-refractivity contribution in [1.29, 1.82) is 0 Å². The topological polar surface area (TPSA) is 47.3 Å². The van der Waals surface area contributed by atoms with Gasteiger partial charge >= 0.3 is 0 Å². The number of rotatable bonds is 2. The van der Waals surface area contributed by atoms with E-state index in [9.17, 15) is 9.59 Å². The number of halogens is 2. The fourth-order valence-electron chi connectivity index (χ4n) is 0.616. The Morgan fingerprint density at radius 1 is 1.27 bits per heavy atom. The van der Waals surface area contributed by atoms with Gasteiger partial charge in [0.25, 0.3) is 10.5 Å². The molecule has 0 aliphatic carbocycles. The zero-order chi connectivity index (χ0) is 8.43. The molecule has 0 spiro atoms. The average Bonchev–Trinajstić information content (AvgIpc) is 2.32. The Morgan fingerprint density at radius 2 is 1.91 bits per heavy atom. The quantitative estimate of drug-likeness (QED) is 0.675. The van der Waals surface area contributed by atoms with Gasteiger partial charge in [0.1, 0.15) is 0 Å². The highest BCUT2D eigenvalue weighted by molar-refractivity contribution is 6.71. The van der Waals surface area contributed by atoms with E-state index in [2.05, 4.69) is 4.42 Å². The van der Waals surface area contributed by atoms with Gasteiger partial charge in [-0.1, -0.05) is 0 Å². The van der Waals surface area contributed by atoms with Crippen molar-refractivity contribution in [3.63, 3.8) is 0 Å². The summed E-state index contributed by atoms with van der Waals surface area (Å²) in [6, 6.07) is 1.28. The fourth-order valence-corrected chi connectivity index (χ4v) is 0.911. The molecule has 1 heterocycles. The summed E-state index contributed by atoms with van der Waals surface area (Å²) in [6.07, 6.45) is 1.17. The van der Waals surface area contributed by atoms with E-state index in [0.29, 0.717) is 0 Å². The van der Waals surface area contributed by atoms with Crippen molar-refractivity contribution in [3.05, 3.63) is 23.7 Å².